The van der Waals surface area contributed by atoms with Gasteiger partial charge in [-0.3, -0.25) is 9.47 Å². The van der Waals surface area contributed by atoms with Crippen molar-refractivity contribution in [1.82, 2.24) is 19.8 Å². The van der Waals surface area contributed by atoms with Crippen LogP contribution >= 0.6 is 0 Å². The van der Waals surface area contributed by atoms with Crippen LogP contribution in [0.2, 0.25) is 0 Å². The first-order valence-electron chi connectivity index (χ1n) is 8.42. The number of piperidine rings is 1. The van der Waals surface area contributed by atoms with E-state index in [1.54, 1.807) is 6.07 Å². The van der Waals surface area contributed by atoms with E-state index in [4.69, 9.17) is 0 Å². The van der Waals surface area contributed by atoms with Crippen LogP contribution in [0.3, 0.4) is 0 Å². The fourth-order valence-electron chi connectivity index (χ4n) is 4.20. The molecule has 3 heterocycles. The number of hydrogen-bond donors (Lipinski definition) is 2. The maximum absolute atomic E-state index is 13.3. The number of fused-ring (bicyclic) bond motifs is 1. The van der Waals surface area contributed by atoms with E-state index in [2.05, 4.69) is 22.1 Å². The predicted molar refractivity (Wildman–Crippen MR) is 88.3 cm³/mol. The summed E-state index contributed by atoms with van der Waals surface area (Å²) in [5.41, 5.74) is 1.52. The Hall–Kier alpha value is -1.66. The molecule has 2 aromatic rings. The minimum atomic E-state index is -0.317. The van der Waals surface area contributed by atoms with Crippen LogP contribution in [0.25, 0.3) is 11.0 Å². The Balaban J connectivity index is 1.57. The molecule has 23 heavy (non-hydrogen) atoms. The minimum Gasteiger partial charge on any atom is -0.315 e. The van der Waals surface area contributed by atoms with E-state index in [9.17, 15) is 9.18 Å². The first-order valence-corrected chi connectivity index (χ1v) is 8.42. The molecule has 0 amide bonds. The molecule has 2 aliphatic rings. The highest BCUT2D eigenvalue weighted by atomic mass is 19.1. The molecule has 0 spiro atoms. The molecule has 2 saturated heterocycles. The number of H-pyrrole nitrogens is 1. The number of aromatic nitrogens is 2. The Labute approximate surface area is 134 Å². The summed E-state index contributed by atoms with van der Waals surface area (Å²) in [5.74, 6) is -0.317. The lowest BCUT2D eigenvalue weighted by molar-refractivity contribution is 0.0778. The number of imidazole rings is 1. The highest BCUT2D eigenvalue weighted by Gasteiger charge is 2.37. The quantitative estimate of drug-likeness (QED) is 0.889. The van der Waals surface area contributed by atoms with E-state index >= 15 is 0 Å². The number of rotatable bonds is 2. The molecule has 0 bridgehead atoms. The molecule has 1 aromatic carbocycles. The molecule has 6 heteroatoms. The van der Waals surface area contributed by atoms with E-state index < -0.39 is 0 Å². The molecule has 2 N–H and O–H groups in total. The molecule has 1 unspecified atom stereocenters. The first-order chi connectivity index (χ1) is 11.1. The summed E-state index contributed by atoms with van der Waals surface area (Å²) in [4.78, 5) is 17.7. The van der Waals surface area contributed by atoms with Crippen molar-refractivity contribution in [3.05, 3.63) is 34.5 Å². The van der Waals surface area contributed by atoms with Crippen molar-refractivity contribution in [3.8, 4) is 0 Å². The fraction of sp³-hybridized carbons (Fsp3) is 0.588. The summed E-state index contributed by atoms with van der Waals surface area (Å²) < 4.78 is 15.2. The Morgan fingerprint density at radius 3 is 2.78 bits per heavy atom. The van der Waals surface area contributed by atoms with Crippen LogP contribution in [0, 0.1) is 5.82 Å². The SMILES string of the molecule is CC1(N2CCC(n3c(=O)[nH]c4cc(F)ccc43)CC2)CCNC1. The summed E-state index contributed by atoms with van der Waals surface area (Å²) in [6.45, 7) is 6.47. The molecule has 124 valence electrons. The number of halogens is 1. The van der Waals surface area contributed by atoms with E-state index in [-0.39, 0.29) is 23.1 Å². The van der Waals surface area contributed by atoms with Crippen molar-refractivity contribution in [3.63, 3.8) is 0 Å². The van der Waals surface area contributed by atoms with Crippen LogP contribution in [0.4, 0.5) is 4.39 Å². The first kappa shape index (κ1) is 14.9. The van der Waals surface area contributed by atoms with Gasteiger partial charge in [0.1, 0.15) is 5.82 Å². The molecule has 0 saturated carbocycles. The molecule has 2 aliphatic heterocycles. The Bertz CT molecular complexity index is 766. The maximum Gasteiger partial charge on any atom is 0.326 e. The van der Waals surface area contributed by atoms with Gasteiger partial charge in [-0.25, -0.2) is 9.18 Å². The highest BCUT2D eigenvalue weighted by Crippen LogP contribution is 2.31. The van der Waals surface area contributed by atoms with E-state index in [1.807, 2.05) is 4.57 Å². The van der Waals surface area contributed by atoms with E-state index in [1.165, 1.54) is 18.6 Å². The van der Waals surface area contributed by atoms with Gasteiger partial charge in [0.2, 0.25) is 0 Å². The zero-order valence-electron chi connectivity index (χ0n) is 13.4. The number of likely N-dealkylation sites (tertiary alicyclic amines) is 1. The monoisotopic (exact) mass is 318 g/mol. The lowest BCUT2D eigenvalue weighted by Crippen LogP contribution is -2.51. The number of nitrogens with one attached hydrogen (secondary N) is 2. The highest BCUT2D eigenvalue weighted by molar-refractivity contribution is 5.75. The number of hydrogen-bond acceptors (Lipinski definition) is 3. The third-order valence-electron chi connectivity index (χ3n) is 5.62. The van der Waals surface area contributed by atoms with Crippen LogP contribution < -0.4 is 11.0 Å². The summed E-state index contributed by atoms with van der Waals surface area (Å²) in [6.07, 6.45) is 3.10. The van der Waals surface area contributed by atoms with Crippen molar-refractivity contribution < 1.29 is 4.39 Å². The van der Waals surface area contributed by atoms with Gasteiger partial charge in [-0.1, -0.05) is 0 Å². The van der Waals surface area contributed by atoms with Gasteiger partial charge in [0.05, 0.1) is 11.0 Å². The van der Waals surface area contributed by atoms with Crippen molar-refractivity contribution in [2.45, 2.75) is 37.8 Å². The summed E-state index contributed by atoms with van der Waals surface area (Å²) in [6, 6.07) is 4.72. The van der Waals surface area contributed by atoms with Crippen LogP contribution in [0.15, 0.2) is 23.0 Å². The Morgan fingerprint density at radius 1 is 1.30 bits per heavy atom. The standard InChI is InChI=1S/C17H23FN4O/c1-17(6-7-19-11-17)21-8-4-13(5-9-21)22-15-3-2-12(18)10-14(15)20-16(22)23/h2-3,10,13,19H,4-9,11H2,1H3,(H,20,23). The smallest absolute Gasteiger partial charge is 0.315 e. The molecule has 2 fully saturated rings. The lowest BCUT2D eigenvalue weighted by atomic mass is 9.94. The van der Waals surface area contributed by atoms with Gasteiger partial charge < -0.3 is 10.3 Å². The molecule has 4 rings (SSSR count). The van der Waals surface area contributed by atoms with Crippen LogP contribution in [-0.4, -0.2) is 46.2 Å². The van der Waals surface area contributed by atoms with Crippen molar-refractivity contribution in [2.75, 3.05) is 26.2 Å². The van der Waals surface area contributed by atoms with Crippen LogP contribution in [-0.2, 0) is 0 Å². The molecule has 1 atom stereocenters. The molecule has 0 aliphatic carbocycles. The normalized spacial score (nSPS) is 27.0. The molecular weight excluding hydrogens is 295 g/mol. The Morgan fingerprint density at radius 2 is 2.09 bits per heavy atom. The number of aromatic amines is 1. The lowest BCUT2D eigenvalue weighted by Gasteiger charge is -2.42. The largest absolute Gasteiger partial charge is 0.326 e. The van der Waals surface area contributed by atoms with Gasteiger partial charge >= 0.3 is 5.69 Å². The van der Waals surface area contributed by atoms with Gasteiger partial charge in [0, 0.05) is 31.2 Å². The maximum atomic E-state index is 13.3. The topological polar surface area (TPSA) is 53.1 Å². The third-order valence-corrected chi connectivity index (χ3v) is 5.62. The van der Waals surface area contributed by atoms with Crippen LogP contribution in [0.5, 0.6) is 0 Å². The molecule has 0 radical (unpaired) electrons. The molecular formula is C17H23FN4O. The van der Waals surface area contributed by atoms with E-state index in [0.717, 1.165) is 44.5 Å². The molecule has 1 aromatic heterocycles. The van der Waals surface area contributed by atoms with Crippen molar-refractivity contribution in [1.29, 1.82) is 0 Å². The van der Waals surface area contributed by atoms with Crippen molar-refractivity contribution >= 4 is 11.0 Å². The zero-order valence-corrected chi connectivity index (χ0v) is 13.4. The van der Waals surface area contributed by atoms with Crippen LogP contribution in [0.1, 0.15) is 32.2 Å². The Kier molecular flexibility index (Phi) is 3.54. The van der Waals surface area contributed by atoms with Gasteiger partial charge in [-0.2, -0.15) is 0 Å². The third kappa shape index (κ3) is 2.50. The van der Waals surface area contributed by atoms with Crippen molar-refractivity contribution in [2.24, 2.45) is 0 Å². The average Bonchev–Trinajstić information content (AvgIpc) is 3.11. The molecule has 5 nitrogen and oxygen atoms in total. The van der Waals surface area contributed by atoms with Gasteiger partial charge in [0.15, 0.2) is 0 Å². The summed E-state index contributed by atoms with van der Waals surface area (Å²) in [7, 11) is 0. The average molecular weight is 318 g/mol. The van der Waals surface area contributed by atoms with Gasteiger partial charge in [-0.05, 0) is 50.9 Å². The fourth-order valence-corrected chi connectivity index (χ4v) is 4.20. The minimum absolute atomic E-state index is 0.127. The summed E-state index contributed by atoms with van der Waals surface area (Å²) in [5, 5.41) is 3.45. The second kappa shape index (κ2) is 5.46. The van der Waals surface area contributed by atoms with Gasteiger partial charge in [0.25, 0.3) is 0 Å². The zero-order chi connectivity index (χ0) is 16.0. The second-order valence-electron chi connectivity index (χ2n) is 7.10. The second-order valence-corrected chi connectivity index (χ2v) is 7.10. The summed E-state index contributed by atoms with van der Waals surface area (Å²) >= 11 is 0. The predicted octanol–water partition coefficient (Wildman–Crippen LogP) is 1.86. The number of benzene rings is 1. The van der Waals surface area contributed by atoms with Gasteiger partial charge in [-0.15, -0.1) is 0 Å². The van der Waals surface area contributed by atoms with E-state index in [0.29, 0.717) is 5.52 Å². The number of nitrogens with zero attached hydrogens (tertiary/aromatic N) is 2.